The van der Waals surface area contributed by atoms with E-state index in [1.54, 1.807) is 0 Å². The van der Waals surface area contributed by atoms with Crippen LogP contribution < -0.4 is 0 Å². The molecule has 2 rings (SSSR count). The summed E-state index contributed by atoms with van der Waals surface area (Å²) in [7, 11) is 2.25. The van der Waals surface area contributed by atoms with Gasteiger partial charge in [0.1, 0.15) is 0 Å². The highest BCUT2D eigenvalue weighted by atomic mass is 15.1. The van der Waals surface area contributed by atoms with Crippen molar-refractivity contribution in [1.82, 2.24) is 4.90 Å². The van der Waals surface area contributed by atoms with Crippen molar-refractivity contribution in [2.75, 3.05) is 20.1 Å². The third kappa shape index (κ3) is 0.877. The van der Waals surface area contributed by atoms with Crippen LogP contribution in [0.25, 0.3) is 0 Å². The van der Waals surface area contributed by atoms with Crippen LogP contribution in [0.1, 0.15) is 19.3 Å². The van der Waals surface area contributed by atoms with E-state index in [0.717, 1.165) is 11.8 Å². The number of hydrogen-bond donors (Lipinski definition) is 0. The van der Waals surface area contributed by atoms with Gasteiger partial charge in [-0.05, 0) is 31.7 Å². The van der Waals surface area contributed by atoms with E-state index in [9.17, 15) is 0 Å². The minimum atomic E-state index is 1.08. The van der Waals surface area contributed by atoms with Crippen molar-refractivity contribution in [3.8, 4) is 0 Å². The number of nitrogens with zero attached hydrogens (tertiary/aromatic N) is 1. The topological polar surface area (TPSA) is 3.24 Å². The maximum atomic E-state index is 2.48. The molecule has 0 aromatic carbocycles. The average molecular weight is 125 g/mol. The molecule has 52 valence electrons. The number of likely N-dealkylation sites (tertiary alicyclic amines) is 1. The van der Waals surface area contributed by atoms with E-state index in [-0.39, 0.29) is 0 Å². The predicted molar refractivity (Wildman–Crippen MR) is 38.3 cm³/mol. The molecule has 9 heavy (non-hydrogen) atoms. The fourth-order valence-electron chi connectivity index (χ4n) is 2.47. The SMILES string of the molecule is CN1C[C@@H]2CCC[C@H]2C1. The Morgan fingerprint density at radius 3 is 2.22 bits per heavy atom. The molecule has 2 atom stereocenters. The maximum absolute atomic E-state index is 2.48. The van der Waals surface area contributed by atoms with Gasteiger partial charge in [0.2, 0.25) is 0 Å². The second kappa shape index (κ2) is 1.98. The lowest BCUT2D eigenvalue weighted by atomic mass is 10.0. The van der Waals surface area contributed by atoms with Crippen LogP contribution in [0.4, 0.5) is 0 Å². The van der Waals surface area contributed by atoms with Gasteiger partial charge < -0.3 is 4.90 Å². The van der Waals surface area contributed by atoms with Crippen LogP contribution in [0.2, 0.25) is 0 Å². The molecule has 1 heterocycles. The molecule has 0 spiro atoms. The summed E-state index contributed by atoms with van der Waals surface area (Å²) in [5.74, 6) is 2.16. The van der Waals surface area contributed by atoms with Gasteiger partial charge in [-0.3, -0.25) is 0 Å². The first kappa shape index (κ1) is 5.72. The Hall–Kier alpha value is -0.0400. The smallest absolute Gasteiger partial charge is 0.000985 e. The van der Waals surface area contributed by atoms with E-state index >= 15 is 0 Å². The van der Waals surface area contributed by atoms with Gasteiger partial charge in [0.05, 0.1) is 0 Å². The van der Waals surface area contributed by atoms with Crippen LogP contribution in [0.5, 0.6) is 0 Å². The van der Waals surface area contributed by atoms with E-state index in [1.165, 1.54) is 32.4 Å². The summed E-state index contributed by atoms with van der Waals surface area (Å²) in [6.07, 6.45) is 4.52. The Morgan fingerprint density at radius 1 is 1.11 bits per heavy atom. The Kier molecular flexibility index (Phi) is 1.26. The third-order valence-corrected chi connectivity index (χ3v) is 2.91. The van der Waals surface area contributed by atoms with Gasteiger partial charge in [-0.1, -0.05) is 6.42 Å². The molecular weight excluding hydrogens is 110 g/mol. The average Bonchev–Trinajstić information content (AvgIpc) is 2.22. The molecule has 0 radical (unpaired) electrons. The lowest BCUT2D eigenvalue weighted by Crippen LogP contribution is -2.14. The minimum absolute atomic E-state index is 1.08. The minimum Gasteiger partial charge on any atom is -0.306 e. The zero-order valence-corrected chi connectivity index (χ0v) is 6.14. The first-order chi connectivity index (χ1) is 4.36. The summed E-state index contributed by atoms with van der Waals surface area (Å²) < 4.78 is 0. The van der Waals surface area contributed by atoms with Crippen molar-refractivity contribution in [3.05, 3.63) is 0 Å². The lowest BCUT2D eigenvalue weighted by molar-refractivity contribution is 0.379. The van der Waals surface area contributed by atoms with E-state index in [0.29, 0.717) is 0 Å². The van der Waals surface area contributed by atoms with Gasteiger partial charge in [-0.25, -0.2) is 0 Å². The number of fused-ring (bicyclic) bond motifs is 1. The molecule has 1 heteroatoms. The molecule has 0 aromatic heterocycles. The summed E-state index contributed by atoms with van der Waals surface area (Å²) >= 11 is 0. The van der Waals surface area contributed by atoms with E-state index in [2.05, 4.69) is 11.9 Å². The second-order valence-electron chi connectivity index (χ2n) is 3.67. The molecule has 1 saturated carbocycles. The Bertz CT molecular complexity index is 99.1. The zero-order valence-electron chi connectivity index (χ0n) is 6.14. The molecule has 1 aliphatic heterocycles. The Morgan fingerprint density at radius 2 is 1.67 bits per heavy atom. The standard InChI is InChI=1S/C8H15N/c1-9-5-7-3-2-4-8(7)6-9/h7-8H,2-6H2,1H3/t7-,8-/m0/s1. The molecule has 0 amide bonds. The highest BCUT2D eigenvalue weighted by Gasteiger charge is 2.33. The van der Waals surface area contributed by atoms with Crippen LogP contribution in [-0.2, 0) is 0 Å². The molecule has 0 bridgehead atoms. The zero-order chi connectivity index (χ0) is 6.27. The number of hydrogen-bond acceptors (Lipinski definition) is 1. The summed E-state index contributed by atoms with van der Waals surface area (Å²) in [4.78, 5) is 2.48. The third-order valence-electron chi connectivity index (χ3n) is 2.91. The Balaban J connectivity index is 2.02. The quantitative estimate of drug-likeness (QED) is 0.472. The maximum Gasteiger partial charge on any atom is 0.000985 e. The van der Waals surface area contributed by atoms with Crippen molar-refractivity contribution in [1.29, 1.82) is 0 Å². The fourth-order valence-corrected chi connectivity index (χ4v) is 2.47. The number of rotatable bonds is 0. The van der Waals surface area contributed by atoms with Crippen molar-refractivity contribution >= 4 is 0 Å². The van der Waals surface area contributed by atoms with Gasteiger partial charge in [-0.15, -0.1) is 0 Å². The second-order valence-corrected chi connectivity index (χ2v) is 3.67. The highest BCUT2D eigenvalue weighted by Crippen LogP contribution is 2.36. The first-order valence-electron chi connectivity index (χ1n) is 4.05. The molecule has 0 unspecified atom stereocenters. The fraction of sp³-hybridized carbons (Fsp3) is 1.00. The van der Waals surface area contributed by atoms with E-state index in [1.807, 2.05) is 0 Å². The summed E-state index contributed by atoms with van der Waals surface area (Å²) in [6, 6.07) is 0. The molecule has 1 nitrogen and oxygen atoms in total. The van der Waals surface area contributed by atoms with Crippen molar-refractivity contribution < 1.29 is 0 Å². The van der Waals surface area contributed by atoms with Crippen LogP contribution in [0.15, 0.2) is 0 Å². The van der Waals surface area contributed by atoms with Gasteiger partial charge >= 0.3 is 0 Å². The van der Waals surface area contributed by atoms with Crippen molar-refractivity contribution in [3.63, 3.8) is 0 Å². The van der Waals surface area contributed by atoms with Crippen molar-refractivity contribution in [2.45, 2.75) is 19.3 Å². The van der Waals surface area contributed by atoms with Gasteiger partial charge in [0.15, 0.2) is 0 Å². The largest absolute Gasteiger partial charge is 0.306 e. The summed E-state index contributed by atoms with van der Waals surface area (Å²) in [5, 5.41) is 0. The molecule has 1 aliphatic carbocycles. The van der Waals surface area contributed by atoms with Gasteiger partial charge in [0.25, 0.3) is 0 Å². The first-order valence-corrected chi connectivity index (χ1v) is 4.05. The molecule has 2 aliphatic rings. The Labute approximate surface area is 57.0 Å². The van der Waals surface area contributed by atoms with Crippen LogP contribution >= 0.6 is 0 Å². The summed E-state index contributed by atoms with van der Waals surface area (Å²) in [5.41, 5.74) is 0. The van der Waals surface area contributed by atoms with Crippen LogP contribution in [-0.4, -0.2) is 25.0 Å². The molecule has 0 aromatic rings. The molecule has 1 saturated heterocycles. The monoisotopic (exact) mass is 125 g/mol. The van der Waals surface area contributed by atoms with Crippen molar-refractivity contribution in [2.24, 2.45) is 11.8 Å². The van der Waals surface area contributed by atoms with Crippen LogP contribution in [0.3, 0.4) is 0 Å². The van der Waals surface area contributed by atoms with E-state index in [4.69, 9.17) is 0 Å². The van der Waals surface area contributed by atoms with Crippen LogP contribution in [0, 0.1) is 11.8 Å². The normalized spacial score (nSPS) is 43.7. The van der Waals surface area contributed by atoms with E-state index < -0.39 is 0 Å². The lowest BCUT2D eigenvalue weighted by Gasteiger charge is -2.06. The molecular formula is C8H15N. The molecule has 2 fully saturated rings. The van der Waals surface area contributed by atoms with Gasteiger partial charge in [-0.2, -0.15) is 0 Å². The molecule has 0 N–H and O–H groups in total. The summed E-state index contributed by atoms with van der Waals surface area (Å²) in [6.45, 7) is 2.76. The van der Waals surface area contributed by atoms with Gasteiger partial charge in [0, 0.05) is 13.1 Å². The predicted octanol–water partition coefficient (Wildman–Crippen LogP) is 1.35. The highest BCUT2D eigenvalue weighted by molar-refractivity contribution is 4.86.